The summed E-state index contributed by atoms with van der Waals surface area (Å²) in [5.74, 6) is 0.0233. The zero-order valence-corrected chi connectivity index (χ0v) is 19.9. The quantitative estimate of drug-likeness (QED) is 0.401. The third-order valence-corrected chi connectivity index (χ3v) is 8.11. The molecule has 0 bridgehead atoms. The standard InChI is InChI=1S/C20H20ClN7O3S2/c1-33(30,31)12-6-7-13-14(8-12)32-20(24-13)27-18(29)10-2-4-11(5-3-10)28-9-23-15-16(22)25-19(21)26-17(15)28/h6-11H,2-5H2,1H3,(H2,22,25,26)(H,24,27,29). The van der Waals surface area contributed by atoms with Gasteiger partial charge in [0.25, 0.3) is 0 Å². The molecule has 1 aromatic carbocycles. The Morgan fingerprint density at radius 3 is 2.70 bits per heavy atom. The number of carbonyl (C=O) groups excluding carboxylic acids is 1. The average Bonchev–Trinajstić information content (AvgIpc) is 3.36. The largest absolute Gasteiger partial charge is 0.382 e. The molecule has 5 rings (SSSR count). The maximum Gasteiger partial charge on any atom is 0.229 e. The van der Waals surface area contributed by atoms with Crippen LogP contribution in [0.15, 0.2) is 29.4 Å². The highest BCUT2D eigenvalue weighted by Crippen LogP contribution is 2.36. The highest BCUT2D eigenvalue weighted by Gasteiger charge is 2.29. The Morgan fingerprint density at radius 1 is 1.21 bits per heavy atom. The van der Waals surface area contributed by atoms with Gasteiger partial charge in [0.05, 0.1) is 21.4 Å². The van der Waals surface area contributed by atoms with E-state index in [9.17, 15) is 13.2 Å². The van der Waals surface area contributed by atoms with Crippen LogP contribution in [0.25, 0.3) is 21.4 Å². The van der Waals surface area contributed by atoms with Crippen molar-refractivity contribution in [1.29, 1.82) is 0 Å². The number of nitrogens with two attached hydrogens (primary N) is 1. The van der Waals surface area contributed by atoms with Gasteiger partial charge < -0.3 is 15.6 Å². The number of sulfone groups is 1. The summed E-state index contributed by atoms with van der Waals surface area (Å²) in [6, 6.07) is 4.90. The summed E-state index contributed by atoms with van der Waals surface area (Å²) in [5, 5.41) is 3.44. The molecule has 4 aromatic rings. The first-order valence-electron chi connectivity index (χ1n) is 10.3. The molecule has 3 aromatic heterocycles. The Labute approximate surface area is 198 Å². The molecule has 3 heterocycles. The lowest BCUT2D eigenvalue weighted by molar-refractivity contribution is -0.120. The number of aromatic nitrogens is 5. The number of anilines is 2. The normalized spacial score (nSPS) is 19.2. The van der Waals surface area contributed by atoms with Crippen LogP contribution in [0.5, 0.6) is 0 Å². The molecule has 1 aliphatic carbocycles. The van der Waals surface area contributed by atoms with Crippen molar-refractivity contribution in [2.24, 2.45) is 5.92 Å². The van der Waals surface area contributed by atoms with Gasteiger partial charge in [0.1, 0.15) is 5.52 Å². The first-order valence-corrected chi connectivity index (χ1v) is 13.3. The fourth-order valence-electron chi connectivity index (χ4n) is 4.19. The van der Waals surface area contributed by atoms with Crippen molar-refractivity contribution in [2.75, 3.05) is 17.3 Å². The lowest BCUT2D eigenvalue weighted by Crippen LogP contribution is -2.28. The number of nitrogens with one attached hydrogen (secondary N) is 1. The van der Waals surface area contributed by atoms with E-state index in [1.807, 2.05) is 4.57 Å². The molecule has 13 heteroatoms. The van der Waals surface area contributed by atoms with Crippen LogP contribution in [0.3, 0.4) is 0 Å². The second kappa shape index (κ2) is 8.19. The molecule has 0 aliphatic heterocycles. The number of rotatable bonds is 4. The van der Waals surface area contributed by atoms with Gasteiger partial charge in [0.15, 0.2) is 26.4 Å². The molecule has 0 saturated heterocycles. The smallest absolute Gasteiger partial charge is 0.229 e. The topological polar surface area (TPSA) is 146 Å². The van der Waals surface area contributed by atoms with E-state index in [4.69, 9.17) is 17.3 Å². The summed E-state index contributed by atoms with van der Waals surface area (Å²) in [5.41, 5.74) is 7.67. The van der Waals surface area contributed by atoms with Crippen molar-refractivity contribution < 1.29 is 13.2 Å². The number of nitrogens with zero attached hydrogens (tertiary/aromatic N) is 5. The molecule has 1 saturated carbocycles. The lowest BCUT2D eigenvalue weighted by Gasteiger charge is -2.28. The molecular formula is C20H20ClN7O3S2. The summed E-state index contributed by atoms with van der Waals surface area (Å²) < 4.78 is 26.2. The summed E-state index contributed by atoms with van der Waals surface area (Å²) in [6.07, 6.45) is 5.83. The Bertz CT molecular complexity index is 1490. The summed E-state index contributed by atoms with van der Waals surface area (Å²) in [6.45, 7) is 0. The number of carbonyl (C=O) groups is 1. The molecule has 33 heavy (non-hydrogen) atoms. The molecule has 1 amide bonds. The minimum absolute atomic E-state index is 0.0781. The molecule has 1 fully saturated rings. The van der Waals surface area contributed by atoms with E-state index in [2.05, 4.69) is 25.3 Å². The Hall–Kier alpha value is -2.83. The average molecular weight is 506 g/mol. The monoisotopic (exact) mass is 505 g/mol. The van der Waals surface area contributed by atoms with Gasteiger partial charge in [-0.05, 0) is 55.5 Å². The molecular weight excluding hydrogens is 486 g/mol. The minimum atomic E-state index is -3.30. The highest BCUT2D eigenvalue weighted by molar-refractivity contribution is 7.90. The van der Waals surface area contributed by atoms with E-state index in [0.29, 0.717) is 39.4 Å². The van der Waals surface area contributed by atoms with Crippen LogP contribution < -0.4 is 11.1 Å². The maximum absolute atomic E-state index is 12.9. The number of thiazole rings is 1. The van der Waals surface area contributed by atoms with Gasteiger partial charge >= 0.3 is 0 Å². The third-order valence-electron chi connectivity index (χ3n) is 5.90. The maximum atomic E-state index is 12.9. The molecule has 0 spiro atoms. The predicted octanol–water partition coefficient (Wildman–Crippen LogP) is 3.45. The van der Waals surface area contributed by atoms with Crippen molar-refractivity contribution in [3.63, 3.8) is 0 Å². The van der Waals surface area contributed by atoms with E-state index in [1.165, 1.54) is 17.4 Å². The number of hydrogen-bond acceptors (Lipinski definition) is 9. The fourth-order valence-corrected chi connectivity index (χ4v) is 5.99. The van der Waals surface area contributed by atoms with E-state index >= 15 is 0 Å². The molecule has 172 valence electrons. The zero-order chi connectivity index (χ0) is 23.3. The van der Waals surface area contributed by atoms with Gasteiger partial charge in [0, 0.05) is 18.2 Å². The second-order valence-corrected chi connectivity index (χ2v) is 11.5. The van der Waals surface area contributed by atoms with Crippen LogP contribution in [-0.4, -0.2) is 45.1 Å². The van der Waals surface area contributed by atoms with Crippen molar-refractivity contribution in [3.8, 4) is 0 Å². The Morgan fingerprint density at radius 2 is 1.97 bits per heavy atom. The summed E-state index contributed by atoms with van der Waals surface area (Å²) >= 11 is 7.23. The third kappa shape index (κ3) is 4.25. The molecule has 0 atom stereocenters. The first kappa shape index (κ1) is 22.0. The van der Waals surface area contributed by atoms with Crippen molar-refractivity contribution in [2.45, 2.75) is 36.6 Å². The van der Waals surface area contributed by atoms with Gasteiger partial charge in [-0.25, -0.2) is 18.4 Å². The number of fused-ring (bicyclic) bond motifs is 2. The van der Waals surface area contributed by atoms with Crippen LogP contribution in [0, 0.1) is 5.92 Å². The van der Waals surface area contributed by atoms with Crippen LogP contribution in [-0.2, 0) is 14.6 Å². The fraction of sp³-hybridized carbons (Fsp3) is 0.350. The summed E-state index contributed by atoms with van der Waals surface area (Å²) in [4.78, 5) is 30.0. The summed E-state index contributed by atoms with van der Waals surface area (Å²) in [7, 11) is -3.30. The van der Waals surface area contributed by atoms with Crippen molar-refractivity contribution in [1.82, 2.24) is 24.5 Å². The van der Waals surface area contributed by atoms with E-state index in [1.54, 1.807) is 18.5 Å². The van der Waals surface area contributed by atoms with Gasteiger partial charge in [0.2, 0.25) is 11.2 Å². The van der Waals surface area contributed by atoms with Crippen molar-refractivity contribution >= 4 is 71.0 Å². The number of hydrogen-bond donors (Lipinski definition) is 2. The number of nitrogen functional groups attached to an aromatic ring is 1. The van der Waals surface area contributed by atoms with Crippen LogP contribution in [0.1, 0.15) is 31.7 Å². The molecule has 10 nitrogen and oxygen atoms in total. The number of benzene rings is 1. The van der Waals surface area contributed by atoms with Crippen LogP contribution >= 0.6 is 22.9 Å². The predicted molar refractivity (Wildman–Crippen MR) is 127 cm³/mol. The van der Waals surface area contributed by atoms with Gasteiger partial charge in [-0.1, -0.05) is 11.3 Å². The molecule has 0 radical (unpaired) electrons. The van der Waals surface area contributed by atoms with Gasteiger partial charge in [-0.15, -0.1) is 0 Å². The number of amides is 1. The minimum Gasteiger partial charge on any atom is -0.382 e. The number of halogens is 1. The second-order valence-electron chi connectivity index (χ2n) is 8.12. The molecule has 0 unspecified atom stereocenters. The molecule has 1 aliphatic rings. The Balaban J connectivity index is 1.27. The first-order chi connectivity index (χ1) is 15.7. The Kier molecular flexibility index (Phi) is 5.46. The highest BCUT2D eigenvalue weighted by atomic mass is 35.5. The SMILES string of the molecule is CS(=O)(=O)c1ccc2nc(NC(=O)C3CCC(n4cnc5c(N)nc(Cl)nc54)CC3)sc2c1. The van der Waals surface area contributed by atoms with E-state index in [0.717, 1.165) is 19.1 Å². The van der Waals surface area contributed by atoms with E-state index in [-0.39, 0.29) is 33.9 Å². The number of imidazole rings is 1. The molecule has 3 N–H and O–H groups in total. The van der Waals surface area contributed by atoms with Crippen LogP contribution in [0.2, 0.25) is 5.28 Å². The van der Waals surface area contributed by atoms with E-state index < -0.39 is 9.84 Å². The van der Waals surface area contributed by atoms with Crippen molar-refractivity contribution in [3.05, 3.63) is 29.8 Å². The van der Waals surface area contributed by atoms with Crippen LogP contribution in [0.4, 0.5) is 10.9 Å². The lowest BCUT2D eigenvalue weighted by atomic mass is 9.85. The van der Waals surface area contributed by atoms with Gasteiger partial charge in [-0.3, -0.25) is 4.79 Å². The van der Waals surface area contributed by atoms with Gasteiger partial charge in [-0.2, -0.15) is 9.97 Å². The zero-order valence-electron chi connectivity index (χ0n) is 17.5.